The molecule has 28 heavy (non-hydrogen) atoms. The van der Waals surface area contributed by atoms with Gasteiger partial charge in [0.1, 0.15) is 0 Å². The molecule has 2 fully saturated rings. The van der Waals surface area contributed by atoms with Crippen LogP contribution >= 0.6 is 0 Å². The first kappa shape index (κ1) is 18.9. The molecule has 1 unspecified atom stereocenters. The Hall–Kier alpha value is -2.41. The molecule has 0 bridgehead atoms. The molecule has 4 rings (SSSR count). The third kappa shape index (κ3) is 3.07. The summed E-state index contributed by atoms with van der Waals surface area (Å²) in [6.45, 7) is 7.75. The molecular formula is C21H30N6O. The van der Waals surface area contributed by atoms with Crippen LogP contribution in [0.4, 0.5) is 5.95 Å². The number of likely N-dealkylation sites (tertiary alicyclic amines) is 2. The minimum absolute atomic E-state index is 0.0800. The Morgan fingerprint density at radius 1 is 1.29 bits per heavy atom. The molecule has 1 spiro atoms. The highest BCUT2D eigenvalue weighted by atomic mass is 16.2. The van der Waals surface area contributed by atoms with Crippen LogP contribution in [0.25, 0.3) is 0 Å². The Morgan fingerprint density at radius 3 is 2.71 bits per heavy atom. The van der Waals surface area contributed by atoms with Gasteiger partial charge in [0.25, 0.3) is 5.91 Å². The maximum absolute atomic E-state index is 13.1. The van der Waals surface area contributed by atoms with E-state index in [1.807, 2.05) is 48.4 Å². The SMILES string of the molecule is CC(C)c1[nH]ccc1C(=O)N1CC2(CN(C)CC2c2ccnc(N(C)C)n2)C1. The molecule has 150 valence electrons. The van der Waals surface area contributed by atoms with Crippen LogP contribution in [0.15, 0.2) is 24.5 Å². The summed E-state index contributed by atoms with van der Waals surface area (Å²) in [5.41, 5.74) is 3.00. The second kappa shape index (κ2) is 6.88. The summed E-state index contributed by atoms with van der Waals surface area (Å²) in [6.07, 6.45) is 3.72. The number of aromatic amines is 1. The number of likely N-dealkylation sites (N-methyl/N-ethyl adjacent to an activating group) is 1. The molecule has 1 atom stereocenters. The van der Waals surface area contributed by atoms with Crippen molar-refractivity contribution in [3.63, 3.8) is 0 Å². The summed E-state index contributed by atoms with van der Waals surface area (Å²) in [7, 11) is 6.08. The topological polar surface area (TPSA) is 68.4 Å². The van der Waals surface area contributed by atoms with E-state index in [4.69, 9.17) is 4.98 Å². The minimum Gasteiger partial charge on any atom is -0.364 e. The van der Waals surface area contributed by atoms with Gasteiger partial charge < -0.3 is 19.7 Å². The summed E-state index contributed by atoms with van der Waals surface area (Å²) in [6, 6.07) is 3.95. The lowest BCUT2D eigenvalue weighted by atomic mass is 9.70. The second-order valence-corrected chi connectivity index (χ2v) is 8.91. The molecule has 7 heteroatoms. The Morgan fingerprint density at radius 2 is 2.04 bits per heavy atom. The summed E-state index contributed by atoms with van der Waals surface area (Å²) in [5.74, 6) is 1.50. The molecule has 4 heterocycles. The number of rotatable bonds is 4. The van der Waals surface area contributed by atoms with Gasteiger partial charge >= 0.3 is 0 Å². The van der Waals surface area contributed by atoms with E-state index in [2.05, 4.69) is 35.8 Å². The molecule has 2 saturated heterocycles. The van der Waals surface area contributed by atoms with Gasteiger partial charge in [0.05, 0.1) is 11.3 Å². The van der Waals surface area contributed by atoms with Crippen molar-refractivity contribution in [3.05, 3.63) is 41.5 Å². The zero-order valence-electron chi connectivity index (χ0n) is 17.4. The molecular weight excluding hydrogens is 352 g/mol. The molecule has 7 nitrogen and oxygen atoms in total. The van der Waals surface area contributed by atoms with Crippen molar-refractivity contribution in [1.82, 2.24) is 24.8 Å². The van der Waals surface area contributed by atoms with Gasteiger partial charge in [-0.1, -0.05) is 13.8 Å². The molecule has 1 amide bonds. The van der Waals surface area contributed by atoms with Crippen molar-refractivity contribution in [1.29, 1.82) is 0 Å². The van der Waals surface area contributed by atoms with Crippen molar-refractivity contribution in [2.24, 2.45) is 5.41 Å². The first-order valence-corrected chi connectivity index (χ1v) is 9.96. The Balaban J connectivity index is 1.55. The molecule has 2 aliphatic heterocycles. The van der Waals surface area contributed by atoms with Crippen LogP contribution in [0.5, 0.6) is 0 Å². The van der Waals surface area contributed by atoms with Gasteiger partial charge in [-0.05, 0) is 25.1 Å². The van der Waals surface area contributed by atoms with Crippen LogP contribution in [-0.4, -0.2) is 78.0 Å². The quantitative estimate of drug-likeness (QED) is 0.878. The van der Waals surface area contributed by atoms with Crippen LogP contribution < -0.4 is 4.90 Å². The van der Waals surface area contributed by atoms with E-state index in [9.17, 15) is 4.79 Å². The molecule has 2 aromatic rings. The predicted molar refractivity (Wildman–Crippen MR) is 110 cm³/mol. The molecule has 0 aromatic carbocycles. The molecule has 0 saturated carbocycles. The monoisotopic (exact) mass is 382 g/mol. The maximum Gasteiger partial charge on any atom is 0.255 e. The van der Waals surface area contributed by atoms with Crippen molar-refractivity contribution >= 4 is 11.9 Å². The van der Waals surface area contributed by atoms with Gasteiger partial charge in [0, 0.05) is 69.7 Å². The summed E-state index contributed by atoms with van der Waals surface area (Å²) >= 11 is 0. The lowest BCUT2D eigenvalue weighted by Gasteiger charge is -2.51. The number of nitrogens with zero attached hydrogens (tertiary/aromatic N) is 5. The Labute approximate surface area is 166 Å². The standard InChI is InChI=1S/C21H30N6O/c1-14(2)18-15(6-8-22-18)19(28)27-12-21(13-27)11-26(5)10-16(21)17-7-9-23-20(24-17)25(3)4/h6-9,14,16,22H,10-13H2,1-5H3. The van der Waals surface area contributed by atoms with E-state index in [0.717, 1.165) is 49.1 Å². The Kier molecular flexibility index (Phi) is 4.65. The van der Waals surface area contributed by atoms with Crippen molar-refractivity contribution < 1.29 is 4.79 Å². The van der Waals surface area contributed by atoms with Gasteiger partial charge in [-0.2, -0.15) is 0 Å². The molecule has 2 aliphatic rings. The average Bonchev–Trinajstić information content (AvgIpc) is 3.24. The van der Waals surface area contributed by atoms with Gasteiger partial charge in [-0.3, -0.25) is 4.79 Å². The van der Waals surface area contributed by atoms with Crippen LogP contribution in [-0.2, 0) is 0 Å². The normalized spacial score (nSPS) is 21.4. The minimum atomic E-state index is 0.0800. The van der Waals surface area contributed by atoms with Crippen LogP contribution in [0.2, 0.25) is 0 Å². The summed E-state index contributed by atoms with van der Waals surface area (Å²) in [4.78, 5) is 31.8. The first-order chi connectivity index (χ1) is 13.3. The molecule has 1 N–H and O–H groups in total. The van der Waals surface area contributed by atoms with E-state index < -0.39 is 0 Å². The third-order valence-electron chi connectivity index (χ3n) is 6.13. The maximum atomic E-state index is 13.1. The number of aromatic nitrogens is 3. The van der Waals surface area contributed by atoms with Crippen LogP contribution in [0.1, 0.15) is 47.4 Å². The highest BCUT2D eigenvalue weighted by molar-refractivity contribution is 5.96. The van der Waals surface area contributed by atoms with E-state index in [0.29, 0.717) is 11.8 Å². The van der Waals surface area contributed by atoms with E-state index in [1.165, 1.54) is 0 Å². The van der Waals surface area contributed by atoms with Crippen LogP contribution in [0.3, 0.4) is 0 Å². The zero-order chi connectivity index (χ0) is 20.1. The van der Waals surface area contributed by atoms with Crippen molar-refractivity contribution in [2.45, 2.75) is 25.7 Å². The summed E-state index contributed by atoms with van der Waals surface area (Å²) in [5, 5.41) is 0. The van der Waals surface area contributed by atoms with E-state index >= 15 is 0 Å². The van der Waals surface area contributed by atoms with Gasteiger partial charge in [0.15, 0.2) is 0 Å². The van der Waals surface area contributed by atoms with Crippen molar-refractivity contribution in [2.75, 3.05) is 52.2 Å². The largest absolute Gasteiger partial charge is 0.364 e. The number of H-pyrrole nitrogens is 1. The summed E-state index contributed by atoms with van der Waals surface area (Å²) < 4.78 is 0. The number of anilines is 1. The molecule has 2 aromatic heterocycles. The molecule has 0 aliphatic carbocycles. The highest BCUT2D eigenvalue weighted by Gasteiger charge is 2.55. The average molecular weight is 383 g/mol. The third-order valence-corrected chi connectivity index (χ3v) is 6.13. The number of hydrogen-bond acceptors (Lipinski definition) is 5. The Bertz CT molecular complexity index is 867. The fraction of sp³-hybridized carbons (Fsp3) is 0.571. The number of nitrogens with one attached hydrogen (secondary N) is 1. The second-order valence-electron chi connectivity index (χ2n) is 8.91. The number of carbonyl (C=O) groups excluding carboxylic acids is 1. The lowest BCUT2D eigenvalue weighted by molar-refractivity contribution is 0.00345. The zero-order valence-corrected chi connectivity index (χ0v) is 17.4. The fourth-order valence-electron chi connectivity index (χ4n) is 4.79. The predicted octanol–water partition coefficient (Wildman–Crippen LogP) is 2.17. The number of carbonyl (C=O) groups is 1. The van der Waals surface area contributed by atoms with Gasteiger partial charge in [0.2, 0.25) is 5.95 Å². The number of hydrogen-bond donors (Lipinski definition) is 1. The first-order valence-electron chi connectivity index (χ1n) is 9.96. The van der Waals surface area contributed by atoms with E-state index in [1.54, 1.807) is 0 Å². The van der Waals surface area contributed by atoms with Gasteiger partial charge in [-0.15, -0.1) is 0 Å². The lowest BCUT2D eigenvalue weighted by Crippen LogP contribution is -2.61. The highest BCUT2D eigenvalue weighted by Crippen LogP contribution is 2.48. The van der Waals surface area contributed by atoms with E-state index in [-0.39, 0.29) is 11.3 Å². The van der Waals surface area contributed by atoms with Crippen molar-refractivity contribution in [3.8, 4) is 0 Å². The fourth-order valence-corrected chi connectivity index (χ4v) is 4.79. The van der Waals surface area contributed by atoms with Crippen LogP contribution in [0, 0.1) is 5.41 Å². The van der Waals surface area contributed by atoms with Gasteiger partial charge in [-0.25, -0.2) is 9.97 Å². The molecule has 0 radical (unpaired) electrons. The smallest absolute Gasteiger partial charge is 0.255 e. The number of amides is 1.